The van der Waals surface area contributed by atoms with E-state index in [0.29, 0.717) is 5.75 Å². The van der Waals surface area contributed by atoms with Gasteiger partial charge in [0.2, 0.25) is 0 Å². The molecule has 0 amide bonds. The molecule has 2 nitrogen and oxygen atoms in total. The Hall–Kier alpha value is -1.48. The summed E-state index contributed by atoms with van der Waals surface area (Å²) in [4.78, 5) is 12.9. The largest absolute Gasteiger partial charge is 0.469 e. The van der Waals surface area contributed by atoms with Gasteiger partial charge in [-0.1, -0.05) is 36.4 Å². The molecule has 0 aliphatic heterocycles. The van der Waals surface area contributed by atoms with Crippen molar-refractivity contribution in [3.63, 3.8) is 0 Å². The maximum absolute atomic E-state index is 11.7. The summed E-state index contributed by atoms with van der Waals surface area (Å²) in [6, 6.07) is 14.5. The molecular weight excluding hydrogens is 256 g/mol. The number of fused-ring (bicyclic) bond motifs is 1. The van der Waals surface area contributed by atoms with E-state index in [1.807, 2.05) is 26.0 Å². The van der Waals surface area contributed by atoms with E-state index in [9.17, 15) is 4.79 Å². The fourth-order valence-corrected chi connectivity index (χ4v) is 3.07. The van der Waals surface area contributed by atoms with Crippen LogP contribution in [0.2, 0.25) is 0 Å². The molecule has 2 aromatic rings. The summed E-state index contributed by atoms with van der Waals surface area (Å²) >= 11 is 1.70. The number of benzene rings is 2. The predicted molar refractivity (Wildman–Crippen MR) is 80.5 cm³/mol. The van der Waals surface area contributed by atoms with E-state index >= 15 is 0 Å². The SMILES string of the molecule is COC(=O)C(C)(C)CSc1cccc2ccccc12. The Morgan fingerprint density at radius 1 is 1.16 bits per heavy atom. The summed E-state index contributed by atoms with van der Waals surface area (Å²) < 4.78 is 4.84. The van der Waals surface area contributed by atoms with Crippen molar-refractivity contribution in [3.05, 3.63) is 42.5 Å². The molecule has 3 heteroatoms. The lowest BCUT2D eigenvalue weighted by molar-refractivity contribution is -0.149. The van der Waals surface area contributed by atoms with E-state index in [1.165, 1.54) is 22.8 Å². The fourth-order valence-electron chi connectivity index (χ4n) is 1.91. The van der Waals surface area contributed by atoms with Crippen LogP contribution in [-0.2, 0) is 9.53 Å². The van der Waals surface area contributed by atoms with Gasteiger partial charge in [-0.05, 0) is 30.7 Å². The van der Waals surface area contributed by atoms with E-state index in [4.69, 9.17) is 4.74 Å². The molecule has 0 aromatic heterocycles. The minimum Gasteiger partial charge on any atom is -0.469 e. The van der Waals surface area contributed by atoms with Crippen molar-refractivity contribution in [1.82, 2.24) is 0 Å². The van der Waals surface area contributed by atoms with E-state index in [-0.39, 0.29) is 5.97 Å². The summed E-state index contributed by atoms with van der Waals surface area (Å²) in [5, 5.41) is 2.46. The predicted octanol–water partition coefficient (Wildman–Crippen LogP) is 4.13. The van der Waals surface area contributed by atoms with Gasteiger partial charge in [0, 0.05) is 10.6 Å². The average Bonchev–Trinajstić information content (AvgIpc) is 2.44. The van der Waals surface area contributed by atoms with Crippen LogP contribution in [0.25, 0.3) is 10.8 Å². The summed E-state index contributed by atoms with van der Waals surface area (Å²) in [6.07, 6.45) is 0. The molecule has 0 saturated carbocycles. The standard InChI is InChI=1S/C16H18O2S/c1-16(2,15(17)18-3)11-19-14-10-6-8-12-7-4-5-9-13(12)14/h4-10H,11H2,1-3H3. The highest BCUT2D eigenvalue weighted by Crippen LogP contribution is 2.33. The molecule has 0 N–H and O–H groups in total. The molecule has 0 aliphatic carbocycles. The van der Waals surface area contributed by atoms with Crippen molar-refractivity contribution >= 4 is 28.5 Å². The van der Waals surface area contributed by atoms with Crippen LogP contribution in [0, 0.1) is 5.41 Å². The number of ether oxygens (including phenoxy) is 1. The van der Waals surface area contributed by atoms with Crippen LogP contribution in [0.15, 0.2) is 47.4 Å². The second kappa shape index (κ2) is 5.66. The highest BCUT2D eigenvalue weighted by atomic mass is 32.2. The lowest BCUT2D eigenvalue weighted by Crippen LogP contribution is -2.28. The summed E-state index contributed by atoms with van der Waals surface area (Å²) in [5.41, 5.74) is -0.476. The first-order chi connectivity index (χ1) is 9.04. The van der Waals surface area contributed by atoms with Crippen LogP contribution in [0.4, 0.5) is 0 Å². The third-order valence-electron chi connectivity index (χ3n) is 3.08. The van der Waals surface area contributed by atoms with E-state index in [2.05, 4.69) is 30.3 Å². The highest BCUT2D eigenvalue weighted by molar-refractivity contribution is 7.99. The average molecular weight is 274 g/mol. The van der Waals surface area contributed by atoms with Gasteiger partial charge in [0.1, 0.15) is 0 Å². The number of hydrogen-bond acceptors (Lipinski definition) is 3. The van der Waals surface area contributed by atoms with Crippen LogP contribution in [-0.4, -0.2) is 18.8 Å². The fraction of sp³-hybridized carbons (Fsp3) is 0.312. The van der Waals surface area contributed by atoms with Crippen molar-refractivity contribution in [1.29, 1.82) is 0 Å². The lowest BCUT2D eigenvalue weighted by Gasteiger charge is -2.21. The Morgan fingerprint density at radius 2 is 1.84 bits per heavy atom. The van der Waals surface area contributed by atoms with Gasteiger partial charge in [-0.25, -0.2) is 0 Å². The maximum atomic E-state index is 11.7. The monoisotopic (exact) mass is 274 g/mol. The number of thioether (sulfide) groups is 1. The molecule has 2 rings (SSSR count). The van der Waals surface area contributed by atoms with Crippen LogP contribution in [0.1, 0.15) is 13.8 Å². The number of carbonyl (C=O) groups excluding carboxylic acids is 1. The Bertz CT molecular complexity index is 585. The lowest BCUT2D eigenvalue weighted by atomic mass is 9.97. The zero-order valence-corrected chi connectivity index (χ0v) is 12.3. The molecule has 0 unspecified atom stereocenters. The first-order valence-corrected chi connectivity index (χ1v) is 7.22. The number of rotatable bonds is 4. The molecule has 2 aromatic carbocycles. The van der Waals surface area contributed by atoms with Gasteiger partial charge in [-0.2, -0.15) is 0 Å². The van der Waals surface area contributed by atoms with Crippen LogP contribution in [0.5, 0.6) is 0 Å². The smallest absolute Gasteiger partial charge is 0.312 e. The highest BCUT2D eigenvalue weighted by Gasteiger charge is 2.28. The van der Waals surface area contributed by atoms with Crippen molar-refractivity contribution in [3.8, 4) is 0 Å². The minimum absolute atomic E-state index is 0.166. The third-order valence-corrected chi connectivity index (χ3v) is 4.61. The Kier molecular flexibility index (Phi) is 4.15. The number of esters is 1. The third kappa shape index (κ3) is 3.10. The van der Waals surface area contributed by atoms with Gasteiger partial charge in [-0.15, -0.1) is 11.8 Å². The van der Waals surface area contributed by atoms with E-state index < -0.39 is 5.41 Å². The topological polar surface area (TPSA) is 26.3 Å². The van der Waals surface area contributed by atoms with Crippen molar-refractivity contribution in [2.24, 2.45) is 5.41 Å². The molecule has 19 heavy (non-hydrogen) atoms. The zero-order chi connectivity index (χ0) is 13.9. The summed E-state index contributed by atoms with van der Waals surface area (Å²) in [6.45, 7) is 3.83. The number of methoxy groups -OCH3 is 1. The van der Waals surface area contributed by atoms with Crippen molar-refractivity contribution in [2.75, 3.05) is 12.9 Å². The van der Waals surface area contributed by atoms with Gasteiger partial charge < -0.3 is 4.74 Å². The Labute approximate surface area is 118 Å². The molecule has 0 saturated heterocycles. The molecule has 100 valence electrons. The van der Waals surface area contributed by atoms with Crippen LogP contribution in [0.3, 0.4) is 0 Å². The van der Waals surface area contributed by atoms with Gasteiger partial charge in [0.25, 0.3) is 0 Å². The molecule has 0 fully saturated rings. The molecule has 0 spiro atoms. The van der Waals surface area contributed by atoms with Gasteiger partial charge >= 0.3 is 5.97 Å². The molecule has 0 atom stereocenters. The number of carbonyl (C=O) groups is 1. The maximum Gasteiger partial charge on any atom is 0.312 e. The molecule has 0 bridgehead atoms. The summed E-state index contributed by atoms with van der Waals surface area (Å²) in [5.74, 6) is 0.536. The minimum atomic E-state index is -0.476. The normalized spacial score (nSPS) is 11.5. The molecule has 0 aliphatic rings. The first-order valence-electron chi connectivity index (χ1n) is 6.23. The van der Waals surface area contributed by atoms with Crippen LogP contribution >= 0.6 is 11.8 Å². The molecule has 0 radical (unpaired) electrons. The Morgan fingerprint density at radius 3 is 2.58 bits per heavy atom. The second-order valence-corrected chi connectivity index (χ2v) is 6.16. The van der Waals surface area contributed by atoms with E-state index in [1.54, 1.807) is 11.8 Å². The van der Waals surface area contributed by atoms with Crippen molar-refractivity contribution in [2.45, 2.75) is 18.7 Å². The first kappa shape index (κ1) is 13.9. The molecule has 0 heterocycles. The van der Waals surface area contributed by atoms with Gasteiger partial charge in [0.05, 0.1) is 12.5 Å². The van der Waals surface area contributed by atoms with Crippen LogP contribution < -0.4 is 0 Å². The Balaban J connectivity index is 2.21. The van der Waals surface area contributed by atoms with Gasteiger partial charge in [0.15, 0.2) is 0 Å². The number of hydrogen-bond donors (Lipinski definition) is 0. The molecular formula is C16H18O2S. The van der Waals surface area contributed by atoms with Crippen molar-refractivity contribution < 1.29 is 9.53 Å². The second-order valence-electron chi connectivity index (χ2n) is 5.14. The van der Waals surface area contributed by atoms with Gasteiger partial charge in [-0.3, -0.25) is 4.79 Å². The zero-order valence-electron chi connectivity index (χ0n) is 11.5. The quantitative estimate of drug-likeness (QED) is 0.619. The summed E-state index contributed by atoms with van der Waals surface area (Å²) in [7, 11) is 1.44. The van der Waals surface area contributed by atoms with E-state index in [0.717, 1.165) is 0 Å².